The molecule has 3 rings (SSSR count). The van der Waals surface area contributed by atoms with Gasteiger partial charge in [0.15, 0.2) is 0 Å². The molecule has 2 atom stereocenters. The van der Waals surface area contributed by atoms with Crippen molar-refractivity contribution >= 4 is 33.9 Å². The Hall–Kier alpha value is -0.390. The Morgan fingerprint density at radius 1 is 1.28 bits per heavy atom. The fourth-order valence-electron chi connectivity index (χ4n) is 2.75. The molecule has 0 fully saturated rings. The Kier molecular flexibility index (Phi) is 3.73. The predicted molar refractivity (Wildman–Crippen MR) is 84.3 cm³/mol. The van der Waals surface area contributed by atoms with Crippen molar-refractivity contribution in [2.75, 3.05) is 0 Å². The first kappa shape index (κ1) is 12.6. The summed E-state index contributed by atoms with van der Waals surface area (Å²) in [5, 5.41) is 12.4. The molecule has 1 N–H and O–H groups in total. The normalized spacial score (nSPS) is 22.8. The molecule has 1 nitrogen and oxygen atoms in total. The molecule has 3 heteroatoms. The van der Waals surface area contributed by atoms with E-state index in [9.17, 15) is 5.11 Å². The molecular formula is C15H15IOS. The SMILES string of the molecule is OC1CCc2ccccc2C1Cc1sccc1I. The Morgan fingerprint density at radius 2 is 2.11 bits per heavy atom. The Bertz CT molecular complexity index is 549. The van der Waals surface area contributed by atoms with E-state index in [2.05, 4.69) is 58.3 Å². The monoisotopic (exact) mass is 370 g/mol. The molecule has 1 aliphatic rings. The van der Waals surface area contributed by atoms with Crippen molar-refractivity contribution in [2.24, 2.45) is 0 Å². The topological polar surface area (TPSA) is 20.2 Å². The number of halogens is 1. The number of aliphatic hydroxyl groups excluding tert-OH is 1. The fourth-order valence-corrected chi connectivity index (χ4v) is 4.60. The van der Waals surface area contributed by atoms with Gasteiger partial charge in [0.1, 0.15) is 0 Å². The van der Waals surface area contributed by atoms with Crippen LogP contribution in [-0.2, 0) is 12.8 Å². The molecule has 0 radical (unpaired) electrons. The van der Waals surface area contributed by atoms with E-state index >= 15 is 0 Å². The number of hydrogen-bond acceptors (Lipinski definition) is 2. The number of rotatable bonds is 2. The summed E-state index contributed by atoms with van der Waals surface area (Å²) in [5.74, 6) is 0.266. The van der Waals surface area contributed by atoms with Crippen LogP contribution in [-0.4, -0.2) is 11.2 Å². The molecule has 0 amide bonds. The van der Waals surface area contributed by atoms with Crippen LogP contribution in [0.15, 0.2) is 35.7 Å². The quantitative estimate of drug-likeness (QED) is 0.793. The van der Waals surface area contributed by atoms with E-state index < -0.39 is 0 Å². The van der Waals surface area contributed by atoms with Crippen molar-refractivity contribution < 1.29 is 5.11 Å². The van der Waals surface area contributed by atoms with Crippen LogP contribution in [0.2, 0.25) is 0 Å². The minimum absolute atomic E-state index is 0.196. The van der Waals surface area contributed by atoms with E-state index in [1.54, 1.807) is 11.3 Å². The molecule has 2 unspecified atom stereocenters. The lowest BCUT2D eigenvalue weighted by molar-refractivity contribution is 0.126. The minimum Gasteiger partial charge on any atom is -0.392 e. The van der Waals surface area contributed by atoms with Crippen LogP contribution in [0, 0.1) is 3.57 Å². The Balaban J connectivity index is 1.93. The van der Waals surface area contributed by atoms with E-state index in [0.29, 0.717) is 0 Å². The molecule has 0 saturated carbocycles. The second kappa shape index (κ2) is 5.31. The highest BCUT2D eigenvalue weighted by atomic mass is 127. The van der Waals surface area contributed by atoms with Crippen molar-refractivity contribution in [3.63, 3.8) is 0 Å². The van der Waals surface area contributed by atoms with Crippen molar-refractivity contribution in [3.05, 3.63) is 55.3 Å². The summed E-state index contributed by atoms with van der Waals surface area (Å²) < 4.78 is 1.33. The average Bonchev–Trinajstić information content (AvgIpc) is 2.79. The van der Waals surface area contributed by atoms with Gasteiger partial charge in [0.05, 0.1) is 6.10 Å². The first-order valence-corrected chi connectivity index (χ1v) is 8.19. The first-order valence-electron chi connectivity index (χ1n) is 6.23. The summed E-state index contributed by atoms with van der Waals surface area (Å²) in [6.07, 6.45) is 2.67. The van der Waals surface area contributed by atoms with Gasteiger partial charge < -0.3 is 5.11 Å². The maximum Gasteiger partial charge on any atom is 0.0615 e. The van der Waals surface area contributed by atoms with Gasteiger partial charge in [-0.15, -0.1) is 11.3 Å². The summed E-state index contributed by atoms with van der Waals surface area (Å²) in [6, 6.07) is 10.7. The number of aliphatic hydroxyl groups is 1. The van der Waals surface area contributed by atoms with E-state index in [1.807, 2.05) is 0 Å². The van der Waals surface area contributed by atoms with Crippen LogP contribution in [0.25, 0.3) is 0 Å². The molecule has 1 heterocycles. The van der Waals surface area contributed by atoms with Crippen LogP contribution in [0.4, 0.5) is 0 Å². The lowest BCUT2D eigenvalue weighted by Gasteiger charge is -2.30. The molecule has 94 valence electrons. The minimum atomic E-state index is -0.196. The highest BCUT2D eigenvalue weighted by Crippen LogP contribution is 2.36. The number of hydrogen-bond donors (Lipinski definition) is 1. The van der Waals surface area contributed by atoms with Gasteiger partial charge in [-0.1, -0.05) is 24.3 Å². The zero-order chi connectivity index (χ0) is 12.5. The maximum atomic E-state index is 10.3. The maximum absolute atomic E-state index is 10.3. The van der Waals surface area contributed by atoms with Gasteiger partial charge in [0, 0.05) is 14.4 Å². The number of fused-ring (bicyclic) bond motifs is 1. The van der Waals surface area contributed by atoms with Crippen LogP contribution >= 0.6 is 33.9 Å². The van der Waals surface area contributed by atoms with Gasteiger partial charge in [-0.05, 0) is 64.4 Å². The van der Waals surface area contributed by atoms with Crippen molar-refractivity contribution in [2.45, 2.75) is 31.3 Å². The van der Waals surface area contributed by atoms with Crippen molar-refractivity contribution in [3.8, 4) is 0 Å². The third kappa shape index (κ3) is 2.36. The average molecular weight is 370 g/mol. The molecule has 0 saturated heterocycles. The van der Waals surface area contributed by atoms with Crippen LogP contribution < -0.4 is 0 Å². The predicted octanol–water partition coefficient (Wildman–Crippen LogP) is 3.99. The van der Waals surface area contributed by atoms with Crippen LogP contribution in [0.1, 0.15) is 28.3 Å². The smallest absolute Gasteiger partial charge is 0.0615 e. The zero-order valence-corrected chi connectivity index (χ0v) is 12.9. The molecule has 0 spiro atoms. The first-order chi connectivity index (χ1) is 8.75. The summed E-state index contributed by atoms with van der Waals surface area (Å²) in [7, 11) is 0. The highest BCUT2D eigenvalue weighted by molar-refractivity contribution is 14.1. The summed E-state index contributed by atoms with van der Waals surface area (Å²) in [4.78, 5) is 1.40. The van der Waals surface area contributed by atoms with Gasteiger partial charge >= 0.3 is 0 Å². The van der Waals surface area contributed by atoms with E-state index in [-0.39, 0.29) is 12.0 Å². The van der Waals surface area contributed by atoms with Gasteiger partial charge in [-0.25, -0.2) is 0 Å². The summed E-state index contributed by atoms with van der Waals surface area (Å²) >= 11 is 4.19. The standard InChI is InChI=1S/C15H15IOS/c16-13-7-8-18-15(13)9-12-11-4-2-1-3-10(11)5-6-14(12)17/h1-4,7-8,12,14,17H,5-6,9H2. The van der Waals surface area contributed by atoms with Crippen molar-refractivity contribution in [1.82, 2.24) is 0 Å². The summed E-state index contributed by atoms with van der Waals surface area (Å²) in [6.45, 7) is 0. The molecule has 1 aromatic heterocycles. The van der Waals surface area contributed by atoms with Gasteiger partial charge in [0.2, 0.25) is 0 Å². The van der Waals surface area contributed by atoms with E-state index in [1.165, 1.54) is 19.6 Å². The molecule has 18 heavy (non-hydrogen) atoms. The van der Waals surface area contributed by atoms with Gasteiger partial charge in [-0.2, -0.15) is 0 Å². The van der Waals surface area contributed by atoms with Gasteiger partial charge in [-0.3, -0.25) is 0 Å². The zero-order valence-electron chi connectivity index (χ0n) is 9.97. The Labute approximate surface area is 125 Å². The lowest BCUT2D eigenvalue weighted by Crippen LogP contribution is -2.26. The van der Waals surface area contributed by atoms with E-state index in [4.69, 9.17) is 0 Å². The molecule has 1 aliphatic carbocycles. The third-order valence-corrected chi connectivity index (χ3v) is 6.04. The molecule has 0 bridgehead atoms. The third-order valence-electron chi connectivity index (χ3n) is 3.72. The molecule has 2 aromatic rings. The second-order valence-corrected chi connectivity index (χ2v) is 6.97. The summed E-state index contributed by atoms with van der Waals surface area (Å²) in [5.41, 5.74) is 2.76. The van der Waals surface area contributed by atoms with E-state index in [0.717, 1.165) is 19.3 Å². The number of aryl methyl sites for hydroxylation is 1. The second-order valence-electron chi connectivity index (χ2n) is 4.81. The number of benzene rings is 1. The van der Waals surface area contributed by atoms with Crippen molar-refractivity contribution in [1.29, 1.82) is 0 Å². The van der Waals surface area contributed by atoms with Crippen LogP contribution in [0.5, 0.6) is 0 Å². The lowest BCUT2D eigenvalue weighted by atomic mass is 9.79. The van der Waals surface area contributed by atoms with Crippen LogP contribution in [0.3, 0.4) is 0 Å². The number of thiophene rings is 1. The molecule has 1 aromatic carbocycles. The molecular weight excluding hydrogens is 355 g/mol. The fraction of sp³-hybridized carbons (Fsp3) is 0.333. The largest absolute Gasteiger partial charge is 0.392 e. The Morgan fingerprint density at radius 3 is 2.89 bits per heavy atom. The van der Waals surface area contributed by atoms with Gasteiger partial charge in [0.25, 0.3) is 0 Å². The highest BCUT2D eigenvalue weighted by Gasteiger charge is 2.28. The molecule has 0 aliphatic heterocycles.